The predicted octanol–water partition coefficient (Wildman–Crippen LogP) is -1.44. The first-order chi connectivity index (χ1) is 6.44. The molecule has 0 fully saturated rings. The van der Waals surface area contributed by atoms with Gasteiger partial charge in [-0.05, 0) is 0 Å². The molecule has 7 heavy (non-hydrogen) atoms. The van der Waals surface area contributed by atoms with Crippen LogP contribution in [0.4, 0.5) is 0 Å². The molecule has 0 saturated heterocycles. The topological polar surface area (TPSA) is 52.5 Å². The van der Waals surface area contributed by atoms with Crippen LogP contribution in [0.25, 0.3) is 0 Å². The molecule has 0 aliphatic rings. The summed E-state index contributed by atoms with van der Waals surface area (Å²) in [5.74, 6) is 0. The summed E-state index contributed by atoms with van der Waals surface area (Å²) in [4.78, 5) is 0. The zero-order valence-corrected chi connectivity index (χ0v) is 3.51. The molecule has 0 amide bonds. The highest BCUT2D eigenvalue weighted by molar-refractivity contribution is 4.39. The lowest BCUT2D eigenvalue weighted by molar-refractivity contribution is 0.267. The van der Waals surface area contributed by atoms with E-state index in [4.69, 9.17) is 16.2 Å². The summed E-state index contributed by atoms with van der Waals surface area (Å²) in [5, 5.41) is 12.0. The minimum atomic E-state index is -3.11. The van der Waals surface area contributed by atoms with E-state index in [0.29, 0.717) is 0 Å². The first-order valence-corrected chi connectivity index (χ1v) is 1.57. The van der Waals surface area contributed by atoms with Crippen molar-refractivity contribution in [3.8, 4) is 0 Å². The molecule has 0 bridgehead atoms. The number of rotatable bonds is 5. The molecule has 0 aromatic heterocycles. The number of hydrogen-bond acceptors (Lipinski definition) is 3. The van der Waals surface area contributed by atoms with Crippen molar-refractivity contribution in [2.75, 3.05) is 26.2 Å². The molecule has 44 valence electrons. The van der Waals surface area contributed by atoms with E-state index in [1.807, 2.05) is 0 Å². The Morgan fingerprint density at radius 2 is 2.71 bits per heavy atom. The van der Waals surface area contributed by atoms with Gasteiger partial charge in [0, 0.05) is 15.8 Å². The molecular weight excluding hydrogens is 94.0 g/mol. The highest BCUT2D eigenvalue weighted by Crippen LogP contribution is 1.54. The van der Waals surface area contributed by atoms with Crippen LogP contribution in [0.15, 0.2) is 0 Å². The third-order valence-electron chi connectivity index (χ3n) is 0.274. The molecule has 0 atom stereocenters. The smallest absolute Gasteiger partial charge is 0.210 e. The highest BCUT2D eigenvalue weighted by atomic mass is 16.3. The maximum absolute atomic E-state index is 8.68. The molecule has 3 N–H and O–H groups in total. The first-order valence-electron chi connectivity index (χ1n) is 5.43. The Morgan fingerprint density at radius 1 is 1.86 bits per heavy atom. The number of hydrogen-bond donors (Lipinski definition) is 3. The highest BCUT2D eigenvalue weighted by Gasteiger charge is 1.78. The summed E-state index contributed by atoms with van der Waals surface area (Å²) in [5.41, 5.74) is 0. The van der Waals surface area contributed by atoms with Crippen molar-refractivity contribution < 1.29 is 19.9 Å². The second-order valence-corrected chi connectivity index (χ2v) is 0.688. The van der Waals surface area contributed by atoms with Gasteiger partial charge in [0.2, 0.25) is 1.43 Å². The predicted molar refractivity (Wildman–Crippen MR) is 27.0 cm³/mol. The summed E-state index contributed by atoms with van der Waals surface area (Å²) in [7, 11) is 0. The fourth-order valence-electron chi connectivity index (χ4n) is 0.107. The molecule has 0 aliphatic carbocycles. The molecule has 3 nitrogen and oxygen atoms in total. The molecule has 0 spiro atoms. The van der Waals surface area contributed by atoms with E-state index in [1.165, 1.54) is 0 Å². The van der Waals surface area contributed by atoms with Crippen LogP contribution in [0.3, 0.4) is 0 Å². The standard InChI is InChI=1S/C4H11NO2/c6-3-1-5-2-4-7/h5-7H,1-4H2/i1D2,3D2,4D2,6D/hD. The van der Waals surface area contributed by atoms with Gasteiger partial charge < -0.3 is 15.5 Å². The molecule has 0 unspecified atom stereocenters. The van der Waals surface area contributed by atoms with Gasteiger partial charge in [0.1, 0.15) is 1.41 Å². The van der Waals surface area contributed by atoms with E-state index in [0.717, 1.165) is 0 Å². The average molecular weight is 113 g/mol. The minimum Gasteiger partial charge on any atom is -0.395 e. The van der Waals surface area contributed by atoms with Crippen molar-refractivity contribution in [2.45, 2.75) is 0 Å². The zero-order chi connectivity index (χ0) is 12.5. The van der Waals surface area contributed by atoms with Crippen LogP contribution in [0, 0.1) is 0 Å². The molecule has 3 heteroatoms. The molecule has 0 radical (unpaired) electrons. The summed E-state index contributed by atoms with van der Waals surface area (Å²) in [6.07, 6.45) is 0. The fourth-order valence-corrected chi connectivity index (χ4v) is 0.107. The molecule has 0 aromatic rings. The van der Waals surface area contributed by atoms with E-state index in [9.17, 15) is 0 Å². The van der Waals surface area contributed by atoms with Crippen molar-refractivity contribution in [3.63, 3.8) is 0 Å². The van der Waals surface area contributed by atoms with Crippen molar-refractivity contribution >= 4 is 0 Å². The lowest BCUT2D eigenvalue weighted by Gasteiger charge is -1.94. The van der Waals surface area contributed by atoms with Crippen LogP contribution >= 0.6 is 0 Å². The number of aliphatic hydroxyl groups is 2. The number of nitrogens with one attached hydrogen (secondary N) is 1. The Kier molecular flexibility index (Phi) is 1.04. The Morgan fingerprint density at radius 3 is 3.29 bits per heavy atom. The maximum Gasteiger partial charge on any atom is 0.210 e. The van der Waals surface area contributed by atoms with Gasteiger partial charge in [-0.25, -0.2) is 0 Å². The van der Waals surface area contributed by atoms with E-state index < -0.39 is 26.2 Å². The van der Waals surface area contributed by atoms with Crippen LogP contribution in [-0.4, -0.2) is 37.8 Å². The van der Waals surface area contributed by atoms with Gasteiger partial charge in [0.15, 0.2) is 0 Å². The summed E-state index contributed by atoms with van der Waals surface area (Å²) >= 11 is 0. The quantitative estimate of drug-likeness (QED) is 0.409. The average Bonchev–Trinajstić information content (AvgIpc) is 2.00. The lowest BCUT2D eigenvalue weighted by atomic mass is 10.6. The maximum atomic E-state index is 8.68. The Balaban J connectivity index is 4.73. The SMILES string of the molecule is [2H]OC([2H])([2H])C([2H])([2H])N([2H])CC([2H])([2H])O. The van der Waals surface area contributed by atoms with Crippen LogP contribution in [0.5, 0.6) is 0 Å². The van der Waals surface area contributed by atoms with Gasteiger partial charge in [-0.2, -0.15) is 0 Å². The van der Waals surface area contributed by atoms with Crippen LogP contribution in [-0.2, 0) is 0 Å². The van der Waals surface area contributed by atoms with Gasteiger partial charge in [-0.3, -0.25) is 0 Å². The van der Waals surface area contributed by atoms with Gasteiger partial charge in [-0.1, -0.05) is 0 Å². The second kappa shape index (κ2) is 5.88. The molecule has 0 aromatic carbocycles. The van der Waals surface area contributed by atoms with Gasteiger partial charge in [-0.15, -0.1) is 0 Å². The zero-order valence-electron chi connectivity index (χ0n) is 11.5. The van der Waals surface area contributed by atoms with Gasteiger partial charge in [0.25, 0.3) is 0 Å². The van der Waals surface area contributed by atoms with Crippen molar-refractivity contribution in [2.24, 2.45) is 0 Å². The molecule has 0 heterocycles. The normalized spacial score (nSPS) is 32.9. The fraction of sp³-hybridized carbons (Fsp3) is 1.00. The largest absolute Gasteiger partial charge is 0.395 e. The van der Waals surface area contributed by atoms with Gasteiger partial charge in [0.05, 0.1) is 18.6 Å². The van der Waals surface area contributed by atoms with E-state index >= 15 is 0 Å². The third-order valence-corrected chi connectivity index (χ3v) is 0.274. The van der Waals surface area contributed by atoms with E-state index in [2.05, 4.69) is 5.11 Å². The summed E-state index contributed by atoms with van der Waals surface area (Å²) in [6, 6.07) is 0. The van der Waals surface area contributed by atoms with Gasteiger partial charge >= 0.3 is 0 Å². The lowest BCUT2D eigenvalue weighted by Crippen LogP contribution is -2.21. The van der Waals surface area contributed by atoms with Crippen molar-refractivity contribution in [1.29, 1.82) is 1.43 Å². The Hall–Kier alpha value is -0.120. The molecule has 0 rings (SSSR count). The van der Waals surface area contributed by atoms with Crippen molar-refractivity contribution in [3.05, 3.63) is 0 Å². The second-order valence-electron chi connectivity index (χ2n) is 0.688. The first kappa shape index (κ1) is 1.23. The van der Waals surface area contributed by atoms with Crippen molar-refractivity contribution in [1.82, 2.24) is 5.31 Å². The third kappa shape index (κ3) is 5.88. The summed E-state index contributed by atoms with van der Waals surface area (Å²) in [6.45, 7) is -10.1. The van der Waals surface area contributed by atoms with Crippen LogP contribution in [0.2, 0.25) is 1.41 Å². The van der Waals surface area contributed by atoms with Crippen LogP contribution in [0.1, 0.15) is 8.22 Å². The minimum absolute atomic E-state index is 0.151. The Bertz CT molecular complexity index is 215. The van der Waals surface area contributed by atoms with E-state index in [1.54, 1.807) is 0 Å². The molecular formula is C4H11NO2. The molecule has 0 aliphatic heterocycles. The van der Waals surface area contributed by atoms with Crippen LogP contribution < -0.4 is 5.31 Å². The van der Waals surface area contributed by atoms with E-state index in [-0.39, 0.29) is 5.31 Å². The molecule has 0 saturated carbocycles. The Labute approximate surface area is 54.4 Å². The summed E-state index contributed by atoms with van der Waals surface area (Å²) < 4.78 is 54.8. The monoisotopic (exact) mass is 113 g/mol.